The van der Waals surface area contributed by atoms with Crippen LogP contribution in [0.4, 0.5) is 0 Å². The molecule has 0 bridgehead atoms. The van der Waals surface area contributed by atoms with Gasteiger partial charge in [0.1, 0.15) is 0 Å². The van der Waals surface area contributed by atoms with E-state index in [4.69, 9.17) is 0 Å². The number of aliphatic imine (C=N–C) groups is 1. The molecule has 0 aromatic carbocycles. The lowest BCUT2D eigenvalue weighted by atomic mass is 9.95. The Bertz CT molecular complexity index is 138. The van der Waals surface area contributed by atoms with Crippen LogP contribution in [0.25, 0.3) is 0 Å². The molecule has 1 N–H and O–H groups in total. The van der Waals surface area contributed by atoms with Gasteiger partial charge in [-0.25, -0.2) is 0 Å². The molecular weight excluding hydrogens is 138 g/mol. The maximum atomic E-state index is 9.78. The van der Waals surface area contributed by atoms with Crippen molar-refractivity contribution < 1.29 is 5.11 Å². The van der Waals surface area contributed by atoms with Crippen molar-refractivity contribution in [3.05, 3.63) is 0 Å². The predicted octanol–water partition coefficient (Wildman–Crippen LogP) is 2.02. The molecule has 0 spiro atoms. The highest BCUT2D eigenvalue weighted by Crippen LogP contribution is 2.13. The average Bonchev–Trinajstić information content (AvgIpc) is 1.88. The molecule has 0 aliphatic heterocycles. The van der Waals surface area contributed by atoms with Crippen LogP contribution < -0.4 is 0 Å². The second kappa shape index (κ2) is 4.50. The van der Waals surface area contributed by atoms with E-state index in [1.807, 2.05) is 20.8 Å². The second-order valence-corrected chi connectivity index (χ2v) is 3.08. The van der Waals surface area contributed by atoms with Gasteiger partial charge in [0.05, 0.1) is 5.60 Å². The zero-order valence-electron chi connectivity index (χ0n) is 8.02. The first-order valence-corrected chi connectivity index (χ1v) is 4.28. The molecule has 0 aromatic rings. The molecule has 0 fully saturated rings. The summed E-state index contributed by atoms with van der Waals surface area (Å²) < 4.78 is 0. The summed E-state index contributed by atoms with van der Waals surface area (Å²) in [6, 6.07) is 0. The van der Waals surface area contributed by atoms with Crippen molar-refractivity contribution in [3.8, 4) is 0 Å². The molecule has 0 aromatic heterocycles. The minimum absolute atomic E-state index is 0.690. The number of nitrogens with zero attached hydrogens (tertiary/aromatic N) is 1. The summed E-state index contributed by atoms with van der Waals surface area (Å²) in [4.78, 5) is 4.18. The maximum Gasteiger partial charge on any atom is 0.0991 e. The van der Waals surface area contributed by atoms with E-state index in [1.54, 1.807) is 0 Å². The Morgan fingerprint density at radius 3 is 2.36 bits per heavy atom. The Morgan fingerprint density at radius 2 is 2.00 bits per heavy atom. The number of hydrogen-bond donors (Lipinski definition) is 1. The van der Waals surface area contributed by atoms with E-state index in [9.17, 15) is 5.11 Å². The van der Waals surface area contributed by atoms with Crippen molar-refractivity contribution >= 4 is 5.71 Å². The van der Waals surface area contributed by atoms with Crippen molar-refractivity contribution in [3.63, 3.8) is 0 Å². The van der Waals surface area contributed by atoms with Crippen LogP contribution in [0, 0.1) is 0 Å². The van der Waals surface area contributed by atoms with Crippen LogP contribution in [0.5, 0.6) is 0 Å². The molecule has 1 atom stereocenters. The molecule has 0 aliphatic carbocycles. The summed E-state index contributed by atoms with van der Waals surface area (Å²) in [7, 11) is 0. The molecule has 2 nitrogen and oxygen atoms in total. The first-order chi connectivity index (χ1) is 5.04. The van der Waals surface area contributed by atoms with Gasteiger partial charge in [0.25, 0.3) is 0 Å². The summed E-state index contributed by atoms with van der Waals surface area (Å²) in [6.45, 7) is 8.51. The molecule has 1 unspecified atom stereocenters. The molecule has 66 valence electrons. The van der Waals surface area contributed by atoms with E-state index in [0.717, 1.165) is 25.1 Å². The molecule has 0 rings (SSSR count). The second-order valence-electron chi connectivity index (χ2n) is 3.08. The summed E-state index contributed by atoms with van der Waals surface area (Å²) in [5.74, 6) is 0. The van der Waals surface area contributed by atoms with Crippen LogP contribution in [0.1, 0.15) is 40.5 Å². The Balaban J connectivity index is 4.16. The quantitative estimate of drug-likeness (QED) is 0.622. The third-order valence-corrected chi connectivity index (χ3v) is 1.91. The van der Waals surface area contributed by atoms with E-state index >= 15 is 0 Å². The maximum absolute atomic E-state index is 9.78. The van der Waals surface area contributed by atoms with Gasteiger partial charge in [0.15, 0.2) is 0 Å². The Labute approximate surface area is 69.3 Å². The molecule has 11 heavy (non-hydrogen) atoms. The van der Waals surface area contributed by atoms with Crippen LogP contribution >= 0.6 is 0 Å². The van der Waals surface area contributed by atoms with Crippen LogP contribution in [-0.4, -0.2) is 23.0 Å². The molecule has 0 saturated carbocycles. The first kappa shape index (κ1) is 10.6. The van der Waals surface area contributed by atoms with Gasteiger partial charge in [-0.1, -0.05) is 13.3 Å². The van der Waals surface area contributed by atoms with E-state index in [1.165, 1.54) is 0 Å². The fourth-order valence-electron chi connectivity index (χ4n) is 1.08. The Hall–Kier alpha value is -0.370. The Morgan fingerprint density at radius 1 is 1.45 bits per heavy atom. The first-order valence-electron chi connectivity index (χ1n) is 4.28. The van der Waals surface area contributed by atoms with Gasteiger partial charge >= 0.3 is 0 Å². The topological polar surface area (TPSA) is 32.6 Å². The lowest BCUT2D eigenvalue weighted by Crippen LogP contribution is -2.33. The molecule has 0 heterocycles. The van der Waals surface area contributed by atoms with E-state index in [-0.39, 0.29) is 0 Å². The lowest BCUT2D eigenvalue weighted by molar-refractivity contribution is 0.121. The lowest BCUT2D eigenvalue weighted by Gasteiger charge is -2.22. The van der Waals surface area contributed by atoms with Gasteiger partial charge < -0.3 is 5.11 Å². The van der Waals surface area contributed by atoms with Crippen LogP contribution in [-0.2, 0) is 0 Å². The SMILES string of the molecule is CCCC(C)(O)C(C)=NCC. The molecule has 0 amide bonds. The van der Waals surface area contributed by atoms with Crippen LogP contribution in [0.2, 0.25) is 0 Å². The molecule has 0 radical (unpaired) electrons. The van der Waals surface area contributed by atoms with E-state index < -0.39 is 5.60 Å². The highest BCUT2D eigenvalue weighted by atomic mass is 16.3. The Kier molecular flexibility index (Phi) is 4.34. The zero-order chi connectivity index (χ0) is 8.91. The number of rotatable bonds is 4. The van der Waals surface area contributed by atoms with Gasteiger partial charge in [0, 0.05) is 12.3 Å². The third kappa shape index (κ3) is 3.51. The predicted molar refractivity (Wildman–Crippen MR) is 49.2 cm³/mol. The normalized spacial score (nSPS) is 18.1. The summed E-state index contributed by atoms with van der Waals surface area (Å²) in [5, 5.41) is 9.78. The van der Waals surface area contributed by atoms with Gasteiger partial charge in [0.2, 0.25) is 0 Å². The molecule has 0 aliphatic rings. The average molecular weight is 157 g/mol. The minimum Gasteiger partial charge on any atom is -0.384 e. The monoisotopic (exact) mass is 157 g/mol. The van der Waals surface area contributed by atoms with Crippen molar-refractivity contribution in [1.82, 2.24) is 0 Å². The highest BCUT2D eigenvalue weighted by Gasteiger charge is 2.21. The minimum atomic E-state index is -0.690. The zero-order valence-corrected chi connectivity index (χ0v) is 8.02. The van der Waals surface area contributed by atoms with Gasteiger partial charge in [-0.2, -0.15) is 0 Å². The fraction of sp³-hybridized carbons (Fsp3) is 0.889. The van der Waals surface area contributed by atoms with Crippen molar-refractivity contribution in [2.45, 2.75) is 46.1 Å². The van der Waals surface area contributed by atoms with Crippen LogP contribution in [0.15, 0.2) is 4.99 Å². The number of aliphatic hydroxyl groups is 1. The number of hydrogen-bond acceptors (Lipinski definition) is 2. The van der Waals surface area contributed by atoms with Crippen molar-refractivity contribution in [1.29, 1.82) is 0 Å². The van der Waals surface area contributed by atoms with Crippen molar-refractivity contribution in [2.24, 2.45) is 4.99 Å². The standard InChI is InChI=1S/C9H19NO/c1-5-7-9(4,11)8(3)10-6-2/h11H,5-7H2,1-4H3. The largest absolute Gasteiger partial charge is 0.384 e. The summed E-state index contributed by atoms with van der Waals surface area (Å²) >= 11 is 0. The van der Waals surface area contributed by atoms with Crippen molar-refractivity contribution in [2.75, 3.05) is 6.54 Å². The summed E-state index contributed by atoms with van der Waals surface area (Å²) in [6.07, 6.45) is 1.78. The van der Waals surface area contributed by atoms with E-state index in [2.05, 4.69) is 11.9 Å². The summed E-state index contributed by atoms with van der Waals surface area (Å²) in [5.41, 5.74) is 0.159. The highest BCUT2D eigenvalue weighted by molar-refractivity contribution is 5.89. The van der Waals surface area contributed by atoms with E-state index in [0.29, 0.717) is 0 Å². The third-order valence-electron chi connectivity index (χ3n) is 1.91. The molecule has 0 saturated heterocycles. The van der Waals surface area contributed by atoms with Gasteiger partial charge in [-0.05, 0) is 27.2 Å². The van der Waals surface area contributed by atoms with Gasteiger partial charge in [-0.15, -0.1) is 0 Å². The van der Waals surface area contributed by atoms with Crippen LogP contribution in [0.3, 0.4) is 0 Å². The molecule has 2 heteroatoms. The fourth-order valence-corrected chi connectivity index (χ4v) is 1.08. The smallest absolute Gasteiger partial charge is 0.0991 e. The van der Waals surface area contributed by atoms with Gasteiger partial charge in [-0.3, -0.25) is 4.99 Å². The molecular formula is C9H19NO.